The lowest BCUT2D eigenvalue weighted by atomic mass is 10.1. The molecule has 1 N–H and O–H groups in total. The fourth-order valence-electron chi connectivity index (χ4n) is 2.33. The van der Waals surface area contributed by atoms with E-state index in [-0.39, 0.29) is 17.6 Å². The van der Waals surface area contributed by atoms with Crippen molar-refractivity contribution in [3.05, 3.63) is 53.7 Å². The Morgan fingerprint density at radius 3 is 2.68 bits per heavy atom. The Morgan fingerprint density at radius 1 is 1.27 bits per heavy atom. The molecule has 0 saturated carbocycles. The maximum absolute atomic E-state index is 13.0. The van der Waals surface area contributed by atoms with Crippen LogP contribution in [0.2, 0.25) is 0 Å². The number of carboxylic acids is 1. The number of ether oxygens (including phenoxy) is 1. The van der Waals surface area contributed by atoms with E-state index in [1.165, 1.54) is 24.5 Å². The van der Waals surface area contributed by atoms with E-state index in [0.717, 1.165) is 5.56 Å². The van der Waals surface area contributed by atoms with Crippen LogP contribution in [0.1, 0.15) is 22.2 Å². The fourth-order valence-corrected chi connectivity index (χ4v) is 2.33. The number of morpholine rings is 1. The highest BCUT2D eigenvalue weighted by atomic mass is 19.1. The lowest BCUT2D eigenvalue weighted by Crippen LogP contribution is -2.39. The van der Waals surface area contributed by atoms with Gasteiger partial charge in [-0.15, -0.1) is 0 Å². The van der Waals surface area contributed by atoms with Crippen molar-refractivity contribution in [1.82, 2.24) is 9.97 Å². The molecule has 7 heteroatoms. The minimum absolute atomic E-state index is 0.0907. The molecule has 6 nitrogen and oxygen atoms in total. The molecule has 114 valence electrons. The van der Waals surface area contributed by atoms with Gasteiger partial charge in [-0.3, -0.25) is 0 Å². The maximum atomic E-state index is 13.0. The second kappa shape index (κ2) is 6.07. The molecule has 1 fully saturated rings. The van der Waals surface area contributed by atoms with Crippen LogP contribution in [-0.4, -0.2) is 40.7 Å². The zero-order valence-corrected chi connectivity index (χ0v) is 11.6. The third-order valence-electron chi connectivity index (χ3n) is 3.49. The van der Waals surface area contributed by atoms with E-state index < -0.39 is 5.97 Å². The van der Waals surface area contributed by atoms with Crippen molar-refractivity contribution < 1.29 is 19.0 Å². The standard InChI is InChI=1S/C15H14FN3O3/c16-11-3-1-10(2-4-11)13-9-19(5-6-22-13)14-8-17-12(7-18-14)15(20)21/h1-4,7-8,13H,5-6,9H2,(H,20,21). The molecule has 1 atom stereocenters. The van der Waals surface area contributed by atoms with Gasteiger partial charge in [-0.1, -0.05) is 12.1 Å². The van der Waals surface area contributed by atoms with E-state index in [0.29, 0.717) is 25.5 Å². The fraction of sp³-hybridized carbons (Fsp3) is 0.267. The van der Waals surface area contributed by atoms with E-state index in [2.05, 4.69) is 9.97 Å². The predicted octanol–water partition coefficient (Wildman–Crippen LogP) is 1.89. The van der Waals surface area contributed by atoms with Crippen molar-refractivity contribution in [1.29, 1.82) is 0 Å². The first kappa shape index (κ1) is 14.4. The second-order valence-electron chi connectivity index (χ2n) is 4.92. The Hall–Kier alpha value is -2.54. The van der Waals surface area contributed by atoms with Crippen molar-refractivity contribution in [2.75, 3.05) is 24.6 Å². The molecule has 1 aromatic heterocycles. The minimum atomic E-state index is -1.11. The largest absolute Gasteiger partial charge is 0.476 e. The molecule has 1 aliphatic rings. The highest BCUT2D eigenvalue weighted by molar-refractivity contribution is 5.84. The van der Waals surface area contributed by atoms with Gasteiger partial charge < -0.3 is 14.7 Å². The number of benzene rings is 1. The Bertz CT molecular complexity index is 661. The third kappa shape index (κ3) is 3.04. The quantitative estimate of drug-likeness (QED) is 0.933. The molecular formula is C15H14FN3O3. The van der Waals surface area contributed by atoms with Crippen molar-refractivity contribution >= 4 is 11.8 Å². The number of aromatic carboxylic acids is 1. The van der Waals surface area contributed by atoms with Crippen LogP contribution in [0.15, 0.2) is 36.7 Å². The Balaban J connectivity index is 1.75. The molecule has 0 radical (unpaired) electrons. The molecule has 0 aliphatic carbocycles. The van der Waals surface area contributed by atoms with Gasteiger partial charge in [0.2, 0.25) is 0 Å². The number of aromatic nitrogens is 2. The van der Waals surface area contributed by atoms with E-state index >= 15 is 0 Å². The van der Waals surface area contributed by atoms with Crippen LogP contribution in [0, 0.1) is 5.82 Å². The zero-order chi connectivity index (χ0) is 15.5. The van der Waals surface area contributed by atoms with Crippen molar-refractivity contribution in [3.8, 4) is 0 Å². The maximum Gasteiger partial charge on any atom is 0.356 e. The first-order chi connectivity index (χ1) is 10.6. The smallest absolute Gasteiger partial charge is 0.356 e. The van der Waals surface area contributed by atoms with Gasteiger partial charge in [0, 0.05) is 13.1 Å². The monoisotopic (exact) mass is 303 g/mol. The van der Waals surface area contributed by atoms with Crippen LogP contribution in [-0.2, 0) is 4.74 Å². The van der Waals surface area contributed by atoms with Gasteiger partial charge in [-0.25, -0.2) is 19.2 Å². The number of halogens is 1. The van der Waals surface area contributed by atoms with Crippen LogP contribution in [0.4, 0.5) is 10.2 Å². The molecule has 1 unspecified atom stereocenters. The summed E-state index contributed by atoms with van der Waals surface area (Å²) in [7, 11) is 0. The van der Waals surface area contributed by atoms with Gasteiger partial charge in [0.05, 0.1) is 19.0 Å². The van der Waals surface area contributed by atoms with E-state index in [1.54, 1.807) is 12.1 Å². The van der Waals surface area contributed by atoms with Crippen LogP contribution in [0.3, 0.4) is 0 Å². The van der Waals surface area contributed by atoms with Gasteiger partial charge in [0.25, 0.3) is 0 Å². The summed E-state index contributed by atoms with van der Waals surface area (Å²) in [5.74, 6) is -0.794. The molecule has 2 heterocycles. The van der Waals surface area contributed by atoms with E-state index in [1.807, 2.05) is 4.90 Å². The zero-order valence-electron chi connectivity index (χ0n) is 11.6. The third-order valence-corrected chi connectivity index (χ3v) is 3.49. The van der Waals surface area contributed by atoms with Gasteiger partial charge >= 0.3 is 5.97 Å². The molecule has 0 bridgehead atoms. The van der Waals surface area contributed by atoms with Gasteiger partial charge in [0.15, 0.2) is 5.69 Å². The number of rotatable bonds is 3. The predicted molar refractivity (Wildman–Crippen MR) is 76.3 cm³/mol. The average molecular weight is 303 g/mol. The highest BCUT2D eigenvalue weighted by Crippen LogP contribution is 2.24. The number of hydrogen-bond acceptors (Lipinski definition) is 5. The molecule has 1 saturated heterocycles. The summed E-state index contributed by atoms with van der Waals surface area (Å²) in [6, 6.07) is 6.20. The van der Waals surface area contributed by atoms with E-state index in [9.17, 15) is 9.18 Å². The number of anilines is 1. The van der Waals surface area contributed by atoms with Gasteiger partial charge in [0.1, 0.15) is 17.7 Å². The van der Waals surface area contributed by atoms with Crippen molar-refractivity contribution in [2.24, 2.45) is 0 Å². The number of carbonyl (C=O) groups is 1. The summed E-state index contributed by atoms with van der Waals surface area (Å²) >= 11 is 0. The molecular weight excluding hydrogens is 289 g/mol. The molecule has 0 amide bonds. The summed E-state index contributed by atoms with van der Waals surface area (Å²) < 4.78 is 18.7. The second-order valence-corrected chi connectivity index (χ2v) is 4.92. The molecule has 0 spiro atoms. The summed E-state index contributed by atoms with van der Waals surface area (Å²) in [6.07, 6.45) is 2.49. The molecule has 22 heavy (non-hydrogen) atoms. The lowest BCUT2D eigenvalue weighted by Gasteiger charge is -2.33. The summed E-state index contributed by atoms with van der Waals surface area (Å²) in [6.45, 7) is 1.69. The minimum Gasteiger partial charge on any atom is -0.476 e. The SMILES string of the molecule is O=C(O)c1cnc(N2CCOC(c3ccc(F)cc3)C2)cn1. The molecule has 3 rings (SSSR count). The number of nitrogens with zero attached hydrogens (tertiary/aromatic N) is 3. The van der Waals surface area contributed by atoms with Crippen LogP contribution >= 0.6 is 0 Å². The summed E-state index contributed by atoms with van der Waals surface area (Å²) in [5, 5.41) is 8.83. The molecule has 2 aromatic rings. The van der Waals surface area contributed by atoms with Gasteiger partial charge in [-0.2, -0.15) is 0 Å². The molecule has 1 aromatic carbocycles. The van der Waals surface area contributed by atoms with Crippen LogP contribution < -0.4 is 4.90 Å². The number of carboxylic acid groups (broad SMARTS) is 1. The summed E-state index contributed by atoms with van der Waals surface area (Å²) in [5.41, 5.74) is 0.799. The molecule has 1 aliphatic heterocycles. The summed E-state index contributed by atoms with van der Waals surface area (Å²) in [4.78, 5) is 20.8. The first-order valence-corrected chi connectivity index (χ1v) is 6.81. The van der Waals surface area contributed by atoms with Gasteiger partial charge in [-0.05, 0) is 17.7 Å². The Kier molecular flexibility index (Phi) is 3.97. The Labute approximate surface area is 126 Å². The highest BCUT2D eigenvalue weighted by Gasteiger charge is 2.23. The lowest BCUT2D eigenvalue weighted by molar-refractivity contribution is 0.0394. The normalized spacial score (nSPS) is 18.2. The van der Waals surface area contributed by atoms with Crippen LogP contribution in [0.25, 0.3) is 0 Å². The number of hydrogen-bond donors (Lipinski definition) is 1. The first-order valence-electron chi connectivity index (χ1n) is 6.81. The topological polar surface area (TPSA) is 75.5 Å². The average Bonchev–Trinajstić information content (AvgIpc) is 2.56. The van der Waals surface area contributed by atoms with Crippen molar-refractivity contribution in [2.45, 2.75) is 6.10 Å². The van der Waals surface area contributed by atoms with E-state index in [4.69, 9.17) is 9.84 Å². The Morgan fingerprint density at radius 2 is 2.05 bits per heavy atom. The van der Waals surface area contributed by atoms with Crippen LogP contribution in [0.5, 0.6) is 0 Å². The van der Waals surface area contributed by atoms with Crippen molar-refractivity contribution in [3.63, 3.8) is 0 Å².